The maximum Gasteiger partial charge on any atom is 0.171 e. The summed E-state index contributed by atoms with van der Waals surface area (Å²) in [6, 6.07) is 0. The van der Waals surface area contributed by atoms with Crippen LogP contribution in [0.5, 0.6) is 0 Å². The lowest BCUT2D eigenvalue weighted by Crippen LogP contribution is -2.55. The molecule has 4 aliphatic carbocycles. The first-order chi connectivity index (χ1) is 14.3. The van der Waals surface area contributed by atoms with E-state index in [-0.39, 0.29) is 11.9 Å². The predicted molar refractivity (Wildman–Crippen MR) is 118 cm³/mol. The summed E-state index contributed by atoms with van der Waals surface area (Å²) in [6.07, 6.45) is 12.9. The molecule has 2 aliphatic heterocycles. The summed E-state index contributed by atoms with van der Waals surface area (Å²) in [5.74, 6) is 4.93. The SMILES string of the molecule is CC1CC[C@@]2(OC1)O[C@H]1CC3C4CC[C@@H]5C[C@@H](O)CC[C@]5(C)C4CC[C@]3(C)[C@H]1[C@@H]2C. The van der Waals surface area contributed by atoms with Crippen LogP contribution in [0.25, 0.3) is 0 Å². The van der Waals surface area contributed by atoms with E-state index in [0.29, 0.717) is 34.7 Å². The average molecular weight is 417 g/mol. The molecule has 1 spiro atoms. The summed E-state index contributed by atoms with van der Waals surface area (Å²) in [5, 5.41) is 10.3. The number of rotatable bonds is 0. The molecule has 4 saturated carbocycles. The number of ether oxygens (including phenoxy) is 2. The quantitative estimate of drug-likeness (QED) is 0.543. The van der Waals surface area contributed by atoms with E-state index in [0.717, 1.165) is 49.5 Å². The molecule has 2 saturated heterocycles. The highest BCUT2D eigenvalue weighted by Crippen LogP contribution is 2.71. The Kier molecular flexibility index (Phi) is 4.58. The van der Waals surface area contributed by atoms with E-state index in [9.17, 15) is 5.11 Å². The Hall–Kier alpha value is -0.120. The highest BCUT2D eigenvalue weighted by Gasteiger charge is 2.69. The fraction of sp³-hybridized carbons (Fsp3) is 1.00. The normalized spacial score (nSPS) is 62.5. The molecule has 4 unspecified atom stereocenters. The molecule has 6 rings (SSSR count). The molecule has 0 amide bonds. The van der Waals surface area contributed by atoms with Gasteiger partial charge in [-0.25, -0.2) is 0 Å². The topological polar surface area (TPSA) is 38.7 Å². The van der Waals surface area contributed by atoms with E-state index < -0.39 is 0 Å². The first-order valence-electron chi connectivity index (χ1n) is 13.3. The van der Waals surface area contributed by atoms with Crippen LogP contribution in [0, 0.1) is 52.3 Å². The monoisotopic (exact) mass is 416 g/mol. The highest BCUT2D eigenvalue weighted by molar-refractivity contribution is 5.15. The second-order valence-electron chi connectivity index (χ2n) is 13.1. The van der Waals surface area contributed by atoms with Crippen molar-refractivity contribution in [2.45, 2.75) is 110 Å². The minimum atomic E-state index is -0.282. The van der Waals surface area contributed by atoms with Gasteiger partial charge in [-0.2, -0.15) is 0 Å². The molecule has 1 N–H and O–H groups in total. The lowest BCUT2D eigenvalue weighted by atomic mass is 9.44. The number of fused-ring (bicyclic) bond motifs is 7. The van der Waals surface area contributed by atoms with Crippen LogP contribution in [-0.2, 0) is 9.47 Å². The standard InChI is InChI=1S/C27H44O3/c1-16-7-12-27(29-15-16)17(2)24-23(30-27)14-22-20-6-5-18-13-19(28)8-10-25(18,3)21(20)9-11-26(22,24)4/h16-24,28H,5-15H2,1-4H3/t16?,17-,18+,19-,20?,21?,22?,23-,24-,25-,26-,27+/m0/s1. The van der Waals surface area contributed by atoms with Gasteiger partial charge in [-0.1, -0.05) is 27.7 Å². The first kappa shape index (κ1) is 20.5. The minimum absolute atomic E-state index is 0.0389. The van der Waals surface area contributed by atoms with E-state index in [1.807, 2.05) is 0 Å². The average Bonchev–Trinajstić information content (AvgIpc) is 3.16. The van der Waals surface area contributed by atoms with Crippen molar-refractivity contribution in [3.05, 3.63) is 0 Å². The highest BCUT2D eigenvalue weighted by atomic mass is 16.7. The summed E-state index contributed by atoms with van der Waals surface area (Å²) in [4.78, 5) is 0. The van der Waals surface area contributed by atoms with E-state index in [2.05, 4.69) is 27.7 Å². The zero-order chi connectivity index (χ0) is 20.9. The Morgan fingerprint density at radius 3 is 2.40 bits per heavy atom. The van der Waals surface area contributed by atoms with Crippen LogP contribution >= 0.6 is 0 Å². The van der Waals surface area contributed by atoms with Gasteiger partial charge in [0.15, 0.2) is 5.79 Å². The molecule has 3 heteroatoms. The number of hydrogen-bond donors (Lipinski definition) is 1. The molecule has 3 nitrogen and oxygen atoms in total. The van der Waals surface area contributed by atoms with Crippen LogP contribution in [-0.4, -0.2) is 29.7 Å². The maximum atomic E-state index is 10.3. The smallest absolute Gasteiger partial charge is 0.171 e. The van der Waals surface area contributed by atoms with Crippen LogP contribution in [0.4, 0.5) is 0 Å². The van der Waals surface area contributed by atoms with Gasteiger partial charge in [-0.05, 0) is 104 Å². The molecule has 0 aromatic rings. The van der Waals surface area contributed by atoms with Gasteiger partial charge in [0.2, 0.25) is 0 Å². The van der Waals surface area contributed by atoms with Gasteiger partial charge >= 0.3 is 0 Å². The zero-order valence-corrected chi connectivity index (χ0v) is 19.7. The molecule has 0 aromatic heterocycles. The Morgan fingerprint density at radius 1 is 0.833 bits per heavy atom. The Bertz CT molecular complexity index is 684. The molecular weight excluding hydrogens is 372 g/mol. The van der Waals surface area contributed by atoms with Crippen molar-refractivity contribution < 1.29 is 14.6 Å². The van der Waals surface area contributed by atoms with Crippen LogP contribution < -0.4 is 0 Å². The van der Waals surface area contributed by atoms with E-state index in [1.54, 1.807) is 0 Å². The van der Waals surface area contributed by atoms with Gasteiger partial charge in [0.1, 0.15) is 0 Å². The Labute approximate surface area is 183 Å². The third kappa shape index (κ3) is 2.61. The van der Waals surface area contributed by atoms with Crippen LogP contribution in [0.2, 0.25) is 0 Å². The van der Waals surface area contributed by atoms with Crippen molar-refractivity contribution in [1.82, 2.24) is 0 Å². The third-order valence-corrected chi connectivity index (χ3v) is 11.9. The van der Waals surface area contributed by atoms with Crippen LogP contribution in [0.15, 0.2) is 0 Å². The fourth-order valence-electron chi connectivity index (χ4n) is 10.3. The first-order valence-corrected chi connectivity index (χ1v) is 13.3. The summed E-state index contributed by atoms with van der Waals surface area (Å²) in [6.45, 7) is 10.9. The molecule has 2 heterocycles. The zero-order valence-electron chi connectivity index (χ0n) is 19.7. The molecule has 0 bridgehead atoms. The van der Waals surface area contributed by atoms with Crippen molar-refractivity contribution in [3.63, 3.8) is 0 Å². The largest absolute Gasteiger partial charge is 0.393 e. The lowest BCUT2D eigenvalue weighted by Gasteiger charge is -2.61. The van der Waals surface area contributed by atoms with Crippen molar-refractivity contribution in [2.24, 2.45) is 52.3 Å². The molecular formula is C27H44O3. The van der Waals surface area contributed by atoms with E-state index in [4.69, 9.17) is 9.47 Å². The second-order valence-corrected chi connectivity index (χ2v) is 13.1. The lowest BCUT2D eigenvalue weighted by molar-refractivity contribution is -0.273. The van der Waals surface area contributed by atoms with E-state index >= 15 is 0 Å². The number of aliphatic hydroxyl groups is 1. The van der Waals surface area contributed by atoms with Gasteiger partial charge in [0.05, 0.1) is 18.8 Å². The molecule has 170 valence electrons. The molecule has 6 fully saturated rings. The Balaban J connectivity index is 1.26. The van der Waals surface area contributed by atoms with Crippen molar-refractivity contribution in [3.8, 4) is 0 Å². The predicted octanol–water partition coefficient (Wildman–Crippen LogP) is 5.79. The van der Waals surface area contributed by atoms with Gasteiger partial charge in [0, 0.05) is 12.3 Å². The third-order valence-electron chi connectivity index (χ3n) is 11.9. The van der Waals surface area contributed by atoms with Gasteiger partial charge < -0.3 is 14.6 Å². The fourth-order valence-corrected chi connectivity index (χ4v) is 10.3. The van der Waals surface area contributed by atoms with Crippen LogP contribution in [0.3, 0.4) is 0 Å². The minimum Gasteiger partial charge on any atom is -0.393 e. The number of aliphatic hydroxyl groups excluding tert-OH is 1. The maximum absolute atomic E-state index is 10.3. The molecule has 30 heavy (non-hydrogen) atoms. The number of hydrogen-bond acceptors (Lipinski definition) is 3. The molecule has 12 atom stereocenters. The van der Waals surface area contributed by atoms with Gasteiger partial charge in [0.25, 0.3) is 0 Å². The summed E-state index contributed by atoms with van der Waals surface area (Å²) in [5.41, 5.74) is 0.899. The van der Waals surface area contributed by atoms with Gasteiger partial charge in [-0.15, -0.1) is 0 Å². The Morgan fingerprint density at radius 2 is 1.63 bits per heavy atom. The summed E-state index contributed by atoms with van der Waals surface area (Å²) in [7, 11) is 0. The summed E-state index contributed by atoms with van der Waals surface area (Å²) < 4.78 is 13.4. The molecule has 0 radical (unpaired) electrons. The van der Waals surface area contributed by atoms with Crippen LogP contribution in [0.1, 0.15) is 91.9 Å². The molecule has 6 aliphatic rings. The van der Waals surface area contributed by atoms with E-state index in [1.165, 1.54) is 44.9 Å². The summed E-state index contributed by atoms with van der Waals surface area (Å²) >= 11 is 0. The second kappa shape index (κ2) is 6.70. The van der Waals surface area contributed by atoms with Crippen molar-refractivity contribution in [1.29, 1.82) is 0 Å². The van der Waals surface area contributed by atoms with Gasteiger partial charge in [-0.3, -0.25) is 0 Å². The molecule has 0 aromatic carbocycles. The van der Waals surface area contributed by atoms with Crippen molar-refractivity contribution >= 4 is 0 Å². The van der Waals surface area contributed by atoms with Crippen molar-refractivity contribution in [2.75, 3.05) is 6.61 Å².